The maximum atomic E-state index is 6.32. The summed E-state index contributed by atoms with van der Waals surface area (Å²) < 4.78 is 17.1. The van der Waals surface area contributed by atoms with Crippen LogP contribution in [0.1, 0.15) is 22.3 Å². The Morgan fingerprint density at radius 1 is 0.840 bits per heavy atom. The Kier molecular flexibility index (Phi) is 4.43. The van der Waals surface area contributed by atoms with E-state index in [1.54, 1.807) is 0 Å². The van der Waals surface area contributed by atoms with E-state index in [0.29, 0.717) is 12.2 Å². The summed E-state index contributed by atoms with van der Waals surface area (Å²) in [5.41, 5.74) is 4.50. The van der Waals surface area contributed by atoms with E-state index in [1.165, 1.54) is 0 Å². The van der Waals surface area contributed by atoms with Crippen molar-refractivity contribution in [1.29, 1.82) is 0 Å². The molecule has 0 bridgehead atoms. The highest BCUT2D eigenvalue weighted by Crippen LogP contribution is 2.34. The van der Waals surface area contributed by atoms with Crippen LogP contribution < -0.4 is 4.74 Å². The predicted octanol–water partition coefficient (Wildman–Crippen LogP) is 4.65. The van der Waals surface area contributed by atoms with E-state index in [1.807, 2.05) is 36.4 Å². The van der Waals surface area contributed by atoms with Gasteiger partial charge in [-0.25, -0.2) is 0 Å². The number of rotatable bonds is 8. The van der Waals surface area contributed by atoms with Crippen molar-refractivity contribution in [3.8, 4) is 11.5 Å². The monoisotopic (exact) mass is 334 g/mol. The number of benzene rings is 2. The van der Waals surface area contributed by atoms with E-state index in [9.17, 15) is 0 Å². The zero-order chi connectivity index (χ0) is 17.2. The third kappa shape index (κ3) is 4.01. The van der Waals surface area contributed by atoms with Crippen molar-refractivity contribution < 1.29 is 14.2 Å². The van der Waals surface area contributed by atoms with E-state index < -0.39 is 0 Å². The van der Waals surface area contributed by atoms with Gasteiger partial charge in [-0.3, -0.25) is 0 Å². The summed E-state index contributed by atoms with van der Waals surface area (Å²) >= 11 is 0. The number of epoxide rings is 2. The van der Waals surface area contributed by atoms with E-state index >= 15 is 0 Å². The molecule has 2 atom stereocenters. The minimum Gasteiger partial charge on any atom is -0.457 e. The second-order valence-corrected chi connectivity index (χ2v) is 6.56. The molecule has 2 aromatic carbocycles. The standard InChI is InChI=1S/C22H22O3/c1-3-15-5-7-21(17(9-15)11-19-13-23-19)25-22-8-6-16(4-2)10-18(22)12-20-14-24-20/h3-10,19-20H,1-2,11-14H2. The number of hydrogen-bond donors (Lipinski definition) is 0. The molecule has 0 spiro atoms. The summed E-state index contributed by atoms with van der Waals surface area (Å²) in [4.78, 5) is 0. The van der Waals surface area contributed by atoms with Gasteiger partial charge in [0, 0.05) is 12.8 Å². The highest BCUT2D eigenvalue weighted by molar-refractivity contribution is 5.55. The second kappa shape index (κ2) is 6.87. The minimum atomic E-state index is 0.310. The fraction of sp³-hybridized carbons (Fsp3) is 0.273. The van der Waals surface area contributed by atoms with Crippen LogP contribution >= 0.6 is 0 Å². The molecule has 2 heterocycles. The molecule has 3 nitrogen and oxygen atoms in total. The first-order valence-corrected chi connectivity index (χ1v) is 8.67. The molecule has 0 aliphatic carbocycles. The molecule has 0 radical (unpaired) electrons. The maximum absolute atomic E-state index is 6.32. The lowest BCUT2D eigenvalue weighted by molar-refractivity contribution is 0.398. The summed E-state index contributed by atoms with van der Waals surface area (Å²) in [5.74, 6) is 1.76. The van der Waals surface area contributed by atoms with Crippen LogP contribution in [0, 0.1) is 0 Å². The lowest BCUT2D eigenvalue weighted by Gasteiger charge is -2.15. The van der Waals surface area contributed by atoms with E-state index in [-0.39, 0.29) is 0 Å². The SMILES string of the molecule is C=Cc1ccc(Oc2ccc(C=C)cc2CC2CO2)c(CC2CO2)c1. The molecular formula is C22H22O3. The predicted molar refractivity (Wildman–Crippen MR) is 100 cm³/mol. The molecule has 2 aliphatic rings. The number of hydrogen-bond acceptors (Lipinski definition) is 3. The molecule has 2 aromatic rings. The third-order valence-corrected chi connectivity index (χ3v) is 4.56. The van der Waals surface area contributed by atoms with Gasteiger partial charge in [-0.1, -0.05) is 37.4 Å². The third-order valence-electron chi connectivity index (χ3n) is 4.56. The van der Waals surface area contributed by atoms with Gasteiger partial charge >= 0.3 is 0 Å². The van der Waals surface area contributed by atoms with Crippen LogP contribution in [0.3, 0.4) is 0 Å². The van der Waals surface area contributed by atoms with Crippen molar-refractivity contribution in [2.75, 3.05) is 13.2 Å². The molecule has 0 N–H and O–H groups in total. The van der Waals surface area contributed by atoms with Crippen LogP contribution in [0.15, 0.2) is 49.6 Å². The van der Waals surface area contributed by atoms with Crippen molar-refractivity contribution in [3.05, 3.63) is 71.8 Å². The minimum absolute atomic E-state index is 0.310. The average molecular weight is 334 g/mol. The highest BCUT2D eigenvalue weighted by atomic mass is 16.6. The van der Waals surface area contributed by atoms with Gasteiger partial charge in [0.05, 0.1) is 25.4 Å². The van der Waals surface area contributed by atoms with E-state index in [0.717, 1.165) is 59.8 Å². The summed E-state index contributed by atoms with van der Waals surface area (Å²) in [7, 11) is 0. The fourth-order valence-corrected chi connectivity index (χ4v) is 2.95. The summed E-state index contributed by atoms with van der Waals surface area (Å²) in [6.45, 7) is 9.37. The zero-order valence-corrected chi connectivity index (χ0v) is 14.2. The van der Waals surface area contributed by atoms with Gasteiger partial charge in [-0.2, -0.15) is 0 Å². The van der Waals surface area contributed by atoms with Gasteiger partial charge in [-0.15, -0.1) is 0 Å². The van der Waals surface area contributed by atoms with E-state index in [2.05, 4.69) is 25.3 Å². The summed E-state index contributed by atoms with van der Waals surface area (Å²) in [6.07, 6.45) is 6.06. The summed E-state index contributed by atoms with van der Waals surface area (Å²) in [6, 6.07) is 12.4. The Morgan fingerprint density at radius 3 is 1.64 bits per heavy atom. The van der Waals surface area contributed by atoms with Crippen LogP contribution in [-0.2, 0) is 22.3 Å². The quantitative estimate of drug-likeness (QED) is 0.659. The molecule has 128 valence electrons. The first-order valence-electron chi connectivity index (χ1n) is 8.67. The maximum Gasteiger partial charge on any atom is 0.130 e. The zero-order valence-electron chi connectivity index (χ0n) is 14.2. The first kappa shape index (κ1) is 16.1. The van der Waals surface area contributed by atoms with Crippen molar-refractivity contribution in [2.24, 2.45) is 0 Å². The molecule has 2 unspecified atom stereocenters. The topological polar surface area (TPSA) is 34.3 Å². The van der Waals surface area contributed by atoms with Crippen LogP contribution in [0.4, 0.5) is 0 Å². The molecule has 2 aliphatic heterocycles. The fourth-order valence-electron chi connectivity index (χ4n) is 2.95. The van der Waals surface area contributed by atoms with Gasteiger partial charge in [0.2, 0.25) is 0 Å². The van der Waals surface area contributed by atoms with Crippen molar-refractivity contribution in [3.63, 3.8) is 0 Å². The Morgan fingerprint density at radius 2 is 1.28 bits per heavy atom. The Balaban J connectivity index is 1.64. The van der Waals surface area contributed by atoms with Gasteiger partial charge < -0.3 is 14.2 Å². The first-order chi connectivity index (χ1) is 12.2. The van der Waals surface area contributed by atoms with Crippen molar-refractivity contribution in [2.45, 2.75) is 25.0 Å². The normalized spacial score (nSPS) is 20.8. The van der Waals surface area contributed by atoms with Crippen LogP contribution in [0.25, 0.3) is 12.2 Å². The van der Waals surface area contributed by atoms with Gasteiger partial charge in [0.25, 0.3) is 0 Å². The van der Waals surface area contributed by atoms with Crippen molar-refractivity contribution in [1.82, 2.24) is 0 Å². The molecule has 3 heteroatoms. The van der Waals surface area contributed by atoms with Crippen LogP contribution in [-0.4, -0.2) is 25.4 Å². The molecule has 25 heavy (non-hydrogen) atoms. The summed E-state index contributed by atoms with van der Waals surface area (Å²) in [5, 5.41) is 0. The average Bonchev–Trinajstić information content (AvgIpc) is 3.54. The lowest BCUT2D eigenvalue weighted by Crippen LogP contribution is -2.01. The Hall–Kier alpha value is -2.36. The number of ether oxygens (including phenoxy) is 3. The Labute approximate surface area is 148 Å². The largest absolute Gasteiger partial charge is 0.457 e. The van der Waals surface area contributed by atoms with Gasteiger partial charge in [0.1, 0.15) is 11.5 Å². The molecule has 0 aromatic heterocycles. The smallest absolute Gasteiger partial charge is 0.130 e. The Bertz CT molecular complexity index is 733. The lowest BCUT2D eigenvalue weighted by atomic mass is 10.0. The van der Waals surface area contributed by atoms with E-state index in [4.69, 9.17) is 14.2 Å². The van der Waals surface area contributed by atoms with Gasteiger partial charge in [-0.05, 0) is 46.5 Å². The molecule has 0 amide bonds. The molecule has 4 rings (SSSR count). The molecule has 0 saturated carbocycles. The van der Waals surface area contributed by atoms with Crippen molar-refractivity contribution >= 4 is 12.2 Å². The second-order valence-electron chi connectivity index (χ2n) is 6.56. The highest BCUT2D eigenvalue weighted by Gasteiger charge is 2.26. The molecular weight excluding hydrogens is 312 g/mol. The molecule has 2 saturated heterocycles. The molecule has 2 fully saturated rings. The van der Waals surface area contributed by atoms with Gasteiger partial charge in [0.15, 0.2) is 0 Å². The van der Waals surface area contributed by atoms with Crippen LogP contribution in [0.2, 0.25) is 0 Å². The van der Waals surface area contributed by atoms with Crippen LogP contribution in [0.5, 0.6) is 11.5 Å².